The van der Waals surface area contributed by atoms with Crippen LogP contribution in [0.2, 0.25) is 0 Å². The van der Waals surface area contributed by atoms with Crippen LogP contribution in [0.15, 0.2) is 29.1 Å². The molecule has 0 unspecified atom stereocenters. The van der Waals surface area contributed by atoms with E-state index in [4.69, 9.17) is 0 Å². The smallest absolute Gasteiger partial charge is 0.300 e. The maximum absolute atomic E-state index is 13.1. The Hall–Kier alpha value is -2.14. The van der Waals surface area contributed by atoms with Gasteiger partial charge in [-0.25, -0.2) is 4.98 Å². The van der Waals surface area contributed by atoms with Crippen LogP contribution in [0.25, 0.3) is 11.0 Å². The van der Waals surface area contributed by atoms with Crippen LogP contribution < -0.4 is 10.3 Å². The zero-order valence-corrected chi connectivity index (χ0v) is 19.2. The predicted molar refractivity (Wildman–Crippen MR) is 121 cm³/mol. The van der Waals surface area contributed by atoms with Crippen LogP contribution in [-0.2, 0) is 10.0 Å². The Labute approximate surface area is 191 Å². The van der Waals surface area contributed by atoms with E-state index in [-0.39, 0.29) is 11.6 Å². The number of para-hydroxylation sites is 2. The lowest BCUT2D eigenvalue weighted by molar-refractivity contribution is -0.0429. The van der Waals surface area contributed by atoms with Gasteiger partial charge in [-0.3, -0.25) is 9.52 Å². The molecule has 2 fully saturated rings. The molecule has 4 rings (SSSR count). The lowest BCUT2D eigenvalue weighted by atomic mass is 9.93. The van der Waals surface area contributed by atoms with Gasteiger partial charge >= 0.3 is 15.5 Å². The summed E-state index contributed by atoms with van der Waals surface area (Å²) in [5.41, 5.74) is -5.65. The van der Waals surface area contributed by atoms with Crippen LogP contribution in [-0.4, -0.2) is 47.5 Å². The van der Waals surface area contributed by atoms with Crippen LogP contribution in [0.1, 0.15) is 63.8 Å². The summed E-state index contributed by atoms with van der Waals surface area (Å²) in [5.74, 6) is -0.825. The van der Waals surface area contributed by atoms with Gasteiger partial charge in [0.2, 0.25) is 5.82 Å². The molecule has 1 aromatic heterocycles. The van der Waals surface area contributed by atoms with Gasteiger partial charge in [0.1, 0.15) is 0 Å². The van der Waals surface area contributed by atoms with Crippen molar-refractivity contribution in [3.8, 4) is 0 Å². The SMILES string of the molecule is O=c1c(NS(=O)(=O)C(F)(F)F)nc2ccccc2n1C1CCN(C2CCCCCCC2)CC1. The number of rotatable bonds is 4. The Kier molecular flexibility index (Phi) is 6.99. The summed E-state index contributed by atoms with van der Waals surface area (Å²) in [5, 5.41) is 0. The minimum Gasteiger partial charge on any atom is -0.300 e. The number of aromatic nitrogens is 2. The van der Waals surface area contributed by atoms with E-state index in [2.05, 4.69) is 9.88 Å². The number of hydrogen-bond acceptors (Lipinski definition) is 5. The van der Waals surface area contributed by atoms with Crippen molar-refractivity contribution in [3.63, 3.8) is 0 Å². The van der Waals surface area contributed by atoms with Gasteiger partial charge in [0, 0.05) is 25.2 Å². The number of nitrogens with zero attached hydrogens (tertiary/aromatic N) is 3. The van der Waals surface area contributed by atoms with Gasteiger partial charge in [-0.2, -0.15) is 21.6 Å². The van der Waals surface area contributed by atoms with Crippen molar-refractivity contribution in [2.24, 2.45) is 0 Å². The zero-order valence-electron chi connectivity index (χ0n) is 18.4. The van der Waals surface area contributed by atoms with E-state index < -0.39 is 26.9 Å². The molecule has 2 aromatic rings. The number of benzene rings is 1. The van der Waals surface area contributed by atoms with Gasteiger partial charge in [-0.15, -0.1) is 0 Å². The lowest BCUT2D eigenvalue weighted by Crippen LogP contribution is -2.44. The van der Waals surface area contributed by atoms with E-state index in [1.165, 1.54) is 54.2 Å². The molecular formula is C22H29F3N4O3S. The van der Waals surface area contributed by atoms with Gasteiger partial charge in [-0.05, 0) is 37.8 Å². The Morgan fingerprint density at radius 3 is 2.15 bits per heavy atom. The Bertz CT molecular complexity index is 1130. The summed E-state index contributed by atoms with van der Waals surface area (Å²) >= 11 is 0. The van der Waals surface area contributed by atoms with Crippen molar-refractivity contribution in [2.75, 3.05) is 17.8 Å². The molecule has 0 atom stereocenters. The first-order valence-corrected chi connectivity index (χ1v) is 13.0. The second-order valence-corrected chi connectivity index (χ2v) is 10.6. The maximum atomic E-state index is 13.1. The van der Waals surface area contributed by atoms with Crippen molar-refractivity contribution in [1.82, 2.24) is 14.5 Å². The topological polar surface area (TPSA) is 84.3 Å². The van der Waals surface area contributed by atoms with E-state index in [0.717, 1.165) is 13.1 Å². The summed E-state index contributed by atoms with van der Waals surface area (Å²) in [4.78, 5) is 19.5. The van der Waals surface area contributed by atoms with Crippen LogP contribution in [0.5, 0.6) is 0 Å². The molecule has 11 heteroatoms. The first-order chi connectivity index (χ1) is 15.7. The largest absolute Gasteiger partial charge is 0.516 e. The first kappa shape index (κ1) is 24.0. The number of halogens is 3. The molecule has 0 radical (unpaired) electrons. The molecule has 1 aliphatic carbocycles. The van der Waals surface area contributed by atoms with Gasteiger partial charge in [0.05, 0.1) is 11.0 Å². The summed E-state index contributed by atoms with van der Waals surface area (Å²) in [6.45, 7) is 1.59. The monoisotopic (exact) mass is 486 g/mol. The highest BCUT2D eigenvalue weighted by atomic mass is 32.2. The second-order valence-electron chi connectivity index (χ2n) is 8.94. The number of alkyl halides is 3. The molecule has 1 N–H and O–H groups in total. The van der Waals surface area contributed by atoms with Crippen molar-refractivity contribution in [1.29, 1.82) is 0 Å². The molecule has 0 bridgehead atoms. The quantitative estimate of drug-likeness (QED) is 0.692. The summed E-state index contributed by atoms with van der Waals surface area (Å²) in [6.07, 6.45) is 9.95. The summed E-state index contributed by atoms with van der Waals surface area (Å²) < 4.78 is 64.8. The highest BCUT2D eigenvalue weighted by Crippen LogP contribution is 2.30. The van der Waals surface area contributed by atoms with E-state index in [1.54, 1.807) is 24.3 Å². The molecular weight excluding hydrogens is 457 g/mol. The van der Waals surface area contributed by atoms with E-state index in [0.29, 0.717) is 24.4 Å². The highest BCUT2D eigenvalue weighted by Gasteiger charge is 2.47. The van der Waals surface area contributed by atoms with E-state index in [1.807, 2.05) is 0 Å². The van der Waals surface area contributed by atoms with Crippen LogP contribution in [0.4, 0.5) is 19.0 Å². The first-order valence-electron chi connectivity index (χ1n) is 11.5. The fourth-order valence-corrected chi connectivity index (χ4v) is 5.58. The van der Waals surface area contributed by atoms with Crippen LogP contribution >= 0.6 is 0 Å². The minimum absolute atomic E-state index is 0.246. The molecule has 0 amide bonds. The zero-order chi connectivity index (χ0) is 23.6. The minimum atomic E-state index is -5.75. The average molecular weight is 487 g/mol. The number of likely N-dealkylation sites (tertiary alicyclic amines) is 1. The Morgan fingerprint density at radius 1 is 0.909 bits per heavy atom. The third-order valence-electron chi connectivity index (χ3n) is 6.79. The Morgan fingerprint density at radius 2 is 1.52 bits per heavy atom. The average Bonchev–Trinajstić information content (AvgIpc) is 2.74. The van der Waals surface area contributed by atoms with Gasteiger partial charge < -0.3 is 9.47 Å². The van der Waals surface area contributed by atoms with Crippen molar-refractivity contribution >= 4 is 26.9 Å². The third kappa shape index (κ3) is 5.18. The molecule has 1 aromatic carbocycles. The van der Waals surface area contributed by atoms with Crippen molar-refractivity contribution in [3.05, 3.63) is 34.6 Å². The fraction of sp³-hybridized carbons (Fsp3) is 0.636. The van der Waals surface area contributed by atoms with Crippen molar-refractivity contribution in [2.45, 2.75) is 75.4 Å². The lowest BCUT2D eigenvalue weighted by Gasteiger charge is -2.39. The number of piperidine rings is 1. The third-order valence-corrected chi connectivity index (χ3v) is 7.86. The number of hydrogen-bond donors (Lipinski definition) is 1. The normalized spacial score (nSPS) is 20.5. The molecule has 1 aliphatic heterocycles. The van der Waals surface area contributed by atoms with Crippen LogP contribution in [0, 0.1) is 0 Å². The second kappa shape index (κ2) is 9.61. The van der Waals surface area contributed by atoms with Gasteiger partial charge in [0.15, 0.2) is 0 Å². The standard InChI is InChI=1S/C22H29F3N4O3S/c23-22(24,25)33(31,32)27-20-21(30)29(19-11-7-6-10-18(19)26-20)17-12-14-28(15-13-17)16-8-4-2-1-3-5-9-16/h6-7,10-11,16-17H,1-5,8-9,12-15H2,(H,26,27). The molecule has 0 spiro atoms. The summed E-state index contributed by atoms with van der Waals surface area (Å²) in [7, 11) is -5.75. The van der Waals surface area contributed by atoms with Crippen LogP contribution in [0.3, 0.4) is 0 Å². The number of fused-ring (bicyclic) bond motifs is 1. The molecule has 7 nitrogen and oxygen atoms in total. The number of anilines is 1. The molecule has 33 heavy (non-hydrogen) atoms. The molecule has 1 saturated heterocycles. The van der Waals surface area contributed by atoms with Gasteiger partial charge in [-0.1, -0.05) is 44.2 Å². The van der Waals surface area contributed by atoms with E-state index >= 15 is 0 Å². The highest BCUT2D eigenvalue weighted by molar-refractivity contribution is 7.93. The number of nitrogens with one attached hydrogen (secondary N) is 1. The van der Waals surface area contributed by atoms with E-state index in [9.17, 15) is 26.4 Å². The molecule has 182 valence electrons. The predicted octanol–water partition coefficient (Wildman–Crippen LogP) is 4.41. The Balaban J connectivity index is 1.61. The molecule has 1 saturated carbocycles. The van der Waals surface area contributed by atoms with Gasteiger partial charge in [0.25, 0.3) is 5.56 Å². The molecule has 2 heterocycles. The summed E-state index contributed by atoms with van der Waals surface area (Å²) in [6, 6.07) is 6.90. The maximum Gasteiger partial charge on any atom is 0.516 e. The fourth-order valence-electron chi connectivity index (χ4n) is 5.08. The molecule has 2 aliphatic rings. The van der Waals surface area contributed by atoms with Crippen molar-refractivity contribution < 1.29 is 21.6 Å². The number of sulfonamides is 1.